The van der Waals surface area contributed by atoms with Crippen molar-refractivity contribution >= 4 is 23.2 Å². The number of nitrogens with one attached hydrogen (secondary N) is 2. The number of piperazine rings is 1. The second kappa shape index (κ2) is 12.0. The minimum absolute atomic E-state index is 0.682. The molecule has 1 aliphatic rings. The highest BCUT2D eigenvalue weighted by Crippen LogP contribution is 2.20. The lowest BCUT2D eigenvalue weighted by Crippen LogP contribution is -2.46. The van der Waals surface area contributed by atoms with Gasteiger partial charge in [-0.15, -0.1) is 0 Å². The van der Waals surface area contributed by atoms with Gasteiger partial charge in [0.25, 0.3) is 0 Å². The van der Waals surface area contributed by atoms with Gasteiger partial charge in [0.15, 0.2) is 5.96 Å². The van der Waals surface area contributed by atoms with E-state index in [0.717, 1.165) is 69.8 Å². The highest BCUT2D eigenvalue weighted by atomic mass is 35.5. The van der Waals surface area contributed by atoms with E-state index in [1.807, 2.05) is 18.2 Å². The van der Waals surface area contributed by atoms with Crippen LogP contribution in [-0.2, 0) is 4.74 Å². The van der Waals surface area contributed by atoms with Crippen molar-refractivity contribution in [3.05, 3.63) is 29.3 Å². The Morgan fingerprint density at radius 1 is 1.23 bits per heavy atom. The zero-order chi connectivity index (χ0) is 18.6. The summed E-state index contributed by atoms with van der Waals surface area (Å²) in [5, 5.41) is 7.34. The summed E-state index contributed by atoms with van der Waals surface area (Å²) in [7, 11) is 1.71. The first kappa shape index (κ1) is 20.8. The first-order chi connectivity index (χ1) is 12.7. The van der Waals surface area contributed by atoms with E-state index in [2.05, 4.69) is 38.4 Å². The van der Waals surface area contributed by atoms with Gasteiger partial charge in [-0.3, -0.25) is 9.89 Å². The second-order valence-corrected chi connectivity index (χ2v) is 6.78. The zero-order valence-electron chi connectivity index (χ0n) is 16.0. The van der Waals surface area contributed by atoms with Gasteiger partial charge in [0.2, 0.25) is 0 Å². The van der Waals surface area contributed by atoms with Crippen molar-refractivity contribution in [3.63, 3.8) is 0 Å². The van der Waals surface area contributed by atoms with Crippen LogP contribution in [0, 0.1) is 0 Å². The molecule has 0 atom stereocenters. The van der Waals surface area contributed by atoms with Crippen LogP contribution in [0.1, 0.15) is 13.3 Å². The minimum atomic E-state index is 0.682. The molecular weight excluding hydrogens is 350 g/mol. The number of hydrogen-bond donors (Lipinski definition) is 2. The van der Waals surface area contributed by atoms with Gasteiger partial charge < -0.3 is 20.3 Å². The molecule has 1 aliphatic heterocycles. The lowest BCUT2D eigenvalue weighted by molar-refractivity contribution is 0.203. The van der Waals surface area contributed by atoms with Gasteiger partial charge >= 0.3 is 0 Å². The van der Waals surface area contributed by atoms with Crippen LogP contribution in [0.5, 0.6) is 0 Å². The van der Waals surface area contributed by atoms with Crippen LogP contribution < -0.4 is 15.5 Å². The summed E-state index contributed by atoms with van der Waals surface area (Å²) < 4.78 is 5.06. The highest BCUT2D eigenvalue weighted by Gasteiger charge is 2.16. The van der Waals surface area contributed by atoms with Crippen molar-refractivity contribution in [2.45, 2.75) is 13.3 Å². The van der Waals surface area contributed by atoms with Gasteiger partial charge in [0, 0.05) is 70.2 Å². The molecule has 0 saturated carbocycles. The number of halogens is 1. The van der Waals surface area contributed by atoms with Crippen molar-refractivity contribution in [1.29, 1.82) is 0 Å². The van der Waals surface area contributed by atoms with Crippen molar-refractivity contribution in [2.75, 3.05) is 71.0 Å². The van der Waals surface area contributed by atoms with Crippen LogP contribution in [0.25, 0.3) is 0 Å². The normalized spacial score (nSPS) is 16.0. The number of hydrogen-bond acceptors (Lipinski definition) is 4. The number of aliphatic imine (C=N–C) groups is 1. The summed E-state index contributed by atoms with van der Waals surface area (Å²) in [5.41, 5.74) is 1.22. The van der Waals surface area contributed by atoms with E-state index in [9.17, 15) is 0 Å². The van der Waals surface area contributed by atoms with Gasteiger partial charge in [-0.1, -0.05) is 17.7 Å². The molecule has 1 aromatic rings. The summed E-state index contributed by atoms with van der Waals surface area (Å²) >= 11 is 6.10. The Hall–Kier alpha value is -1.50. The predicted octanol–water partition coefficient (Wildman–Crippen LogP) is 2.05. The van der Waals surface area contributed by atoms with E-state index in [1.165, 1.54) is 5.69 Å². The summed E-state index contributed by atoms with van der Waals surface area (Å²) in [6.45, 7) is 10.6. The third-order valence-corrected chi connectivity index (χ3v) is 4.63. The lowest BCUT2D eigenvalue weighted by atomic mass is 10.2. The number of rotatable bonds is 9. The number of guanidine groups is 1. The topological polar surface area (TPSA) is 52.1 Å². The van der Waals surface area contributed by atoms with Crippen LogP contribution in [0.4, 0.5) is 5.69 Å². The Morgan fingerprint density at radius 3 is 2.73 bits per heavy atom. The van der Waals surface area contributed by atoms with Crippen LogP contribution >= 0.6 is 11.6 Å². The molecule has 0 unspecified atom stereocenters. The Labute approximate surface area is 162 Å². The molecule has 6 nitrogen and oxygen atoms in total. The summed E-state index contributed by atoms with van der Waals surface area (Å²) in [6, 6.07) is 8.12. The molecule has 146 valence electrons. The molecule has 0 spiro atoms. The fourth-order valence-corrected chi connectivity index (χ4v) is 3.19. The van der Waals surface area contributed by atoms with Gasteiger partial charge in [-0.2, -0.15) is 0 Å². The van der Waals surface area contributed by atoms with Gasteiger partial charge in [-0.05, 0) is 31.5 Å². The third kappa shape index (κ3) is 7.40. The van der Waals surface area contributed by atoms with E-state index in [0.29, 0.717) is 6.61 Å². The monoisotopic (exact) mass is 381 g/mol. The molecule has 2 rings (SSSR count). The minimum Gasteiger partial charge on any atom is -0.383 e. The van der Waals surface area contributed by atoms with Crippen LogP contribution in [0.15, 0.2) is 29.3 Å². The van der Waals surface area contributed by atoms with E-state index >= 15 is 0 Å². The number of ether oxygens (including phenoxy) is 1. The fraction of sp³-hybridized carbons (Fsp3) is 0.632. The summed E-state index contributed by atoms with van der Waals surface area (Å²) in [6.07, 6.45) is 1.07. The van der Waals surface area contributed by atoms with E-state index in [1.54, 1.807) is 7.11 Å². The SMILES string of the molecule is CCNC(=NCCCN1CCN(c2cccc(Cl)c2)CC1)NCCOC. The Morgan fingerprint density at radius 2 is 2.04 bits per heavy atom. The maximum atomic E-state index is 6.10. The average Bonchev–Trinajstić information content (AvgIpc) is 2.66. The number of nitrogens with zero attached hydrogens (tertiary/aromatic N) is 3. The Balaban J connectivity index is 1.66. The van der Waals surface area contributed by atoms with Crippen LogP contribution in [-0.4, -0.2) is 76.9 Å². The van der Waals surface area contributed by atoms with E-state index in [-0.39, 0.29) is 0 Å². The Kier molecular flexibility index (Phi) is 9.60. The number of anilines is 1. The summed E-state index contributed by atoms with van der Waals surface area (Å²) in [4.78, 5) is 9.55. The molecule has 1 saturated heterocycles. The molecule has 1 aromatic carbocycles. The largest absolute Gasteiger partial charge is 0.383 e. The van der Waals surface area contributed by atoms with Gasteiger partial charge in [-0.25, -0.2) is 0 Å². The number of methoxy groups -OCH3 is 1. The predicted molar refractivity (Wildman–Crippen MR) is 111 cm³/mol. The summed E-state index contributed by atoms with van der Waals surface area (Å²) in [5.74, 6) is 0.871. The second-order valence-electron chi connectivity index (χ2n) is 6.34. The smallest absolute Gasteiger partial charge is 0.191 e. The molecule has 2 N–H and O–H groups in total. The molecule has 7 heteroatoms. The molecule has 1 fully saturated rings. The molecule has 0 radical (unpaired) electrons. The van der Waals surface area contributed by atoms with Crippen molar-refractivity contribution in [2.24, 2.45) is 4.99 Å². The van der Waals surface area contributed by atoms with Gasteiger partial charge in [0.05, 0.1) is 6.61 Å². The van der Waals surface area contributed by atoms with Crippen molar-refractivity contribution in [3.8, 4) is 0 Å². The highest BCUT2D eigenvalue weighted by molar-refractivity contribution is 6.30. The molecule has 26 heavy (non-hydrogen) atoms. The fourth-order valence-electron chi connectivity index (χ4n) is 3.00. The average molecular weight is 382 g/mol. The number of benzene rings is 1. The first-order valence-corrected chi connectivity index (χ1v) is 9.84. The maximum Gasteiger partial charge on any atom is 0.191 e. The quantitative estimate of drug-likeness (QED) is 0.389. The maximum absolute atomic E-state index is 6.10. The molecule has 0 aromatic heterocycles. The van der Waals surface area contributed by atoms with Crippen LogP contribution in [0.2, 0.25) is 5.02 Å². The van der Waals surface area contributed by atoms with Gasteiger partial charge in [0.1, 0.15) is 0 Å². The molecule has 0 bridgehead atoms. The molecule has 0 aliphatic carbocycles. The van der Waals surface area contributed by atoms with Crippen LogP contribution in [0.3, 0.4) is 0 Å². The molecule has 0 amide bonds. The van der Waals surface area contributed by atoms with E-state index < -0.39 is 0 Å². The molecule has 1 heterocycles. The third-order valence-electron chi connectivity index (χ3n) is 4.39. The lowest BCUT2D eigenvalue weighted by Gasteiger charge is -2.36. The Bertz CT molecular complexity index is 546. The van der Waals surface area contributed by atoms with Crippen molar-refractivity contribution in [1.82, 2.24) is 15.5 Å². The van der Waals surface area contributed by atoms with E-state index in [4.69, 9.17) is 16.3 Å². The zero-order valence-corrected chi connectivity index (χ0v) is 16.8. The van der Waals surface area contributed by atoms with Crippen molar-refractivity contribution < 1.29 is 4.74 Å². The standard InChI is InChI=1S/C19H32ClN5O/c1-3-21-19(23-9-15-26-2)22-8-5-10-24-11-13-25(14-12-24)18-7-4-6-17(20)16-18/h4,6-7,16H,3,5,8-15H2,1-2H3,(H2,21,22,23). The molecular formula is C19H32ClN5O. The first-order valence-electron chi connectivity index (χ1n) is 9.47.